The Morgan fingerprint density at radius 1 is 1.17 bits per heavy atom. The SMILES string of the molecule is COc1ccc2nccc(CCCC3CCN(CCSc4ccc(F)cc4)CC3CCC(=O)O)c2c1. The molecule has 2 atom stereocenters. The molecule has 36 heavy (non-hydrogen) atoms. The van der Waals surface area contributed by atoms with Crippen LogP contribution in [0, 0.1) is 17.7 Å². The van der Waals surface area contributed by atoms with Gasteiger partial charge in [0.05, 0.1) is 12.6 Å². The summed E-state index contributed by atoms with van der Waals surface area (Å²) >= 11 is 1.74. The zero-order valence-electron chi connectivity index (χ0n) is 20.9. The fraction of sp³-hybridized carbons (Fsp3) is 0.448. The van der Waals surface area contributed by atoms with Gasteiger partial charge in [0, 0.05) is 41.7 Å². The molecule has 1 N–H and O–H groups in total. The number of ether oxygens (including phenoxy) is 1. The number of halogens is 1. The average molecular weight is 511 g/mol. The van der Waals surface area contributed by atoms with E-state index in [2.05, 4.69) is 22.0 Å². The average Bonchev–Trinajstić information content (AvgIpc) is 2.89. The second-order valence-corrected chi connectivity index (χ2v) is 10.8. The highest BCUT2D eigenvalue weighted by Gasteiger charge is 2.29. The maximum Gasteiger partial charge on any atom is 0.303 e. The molecule has 5 nitrogen and oxygen atoms in total. The van der Waals surface area contributed by atoms with Gasteiger partial charge in [0.15, 0.2) is 0 Å². The lowest BCUT2D eigenvalue weighted by molar-refractivity contribution is -0.137. The molecule has 192 valence electrons. The molecule has 1 aliphatic rings. The summed E-state index contributed by atoms with van der Waals surface area (Å²) in [5, 5.41) is 10.4. The van der Waals surface area contributed by atoms with Crippen molar-refractivity contribution in [2.75, 3.05) is 32.5 Å². The van der Waals surface area contributed by atoms with Crippen LogP contribution in [-0.4, -0.2) is 53.5 Å². The van der Waals surface area contributed by atoms with E-state index in [1.807, 2.05) is 30.5 Å². The minimum atomic E-state index is -0.713. The van der Waals surface area contributed by atoms with Crippen LogP contribution in [0.4, 0.5) is 4.39 Å². The van der Waals surface area contributed by atoms with Gasteiger partial charge in [0.2, 0.25) is 0 Å². The third-order valence-electron chi connectivity index (χ3n) is 7.25. The molecule has 1 saturated heterocycles. The molecular weight excluding hydrogens is 475 g/mol. The Morgan fingerprint density at radius 3 is 2.78 bits per heavy atom. The van der Waals surface area contributed by atoms with Crippen molar-refractivity contribution in [3.8, 4) is 5.75 Å². The molecule has 4 rings (SSSR count). The molecule has 7 heteroatoms. The van der Waals surface area contributed by atoms with Crippen LogP contribution in [0.3, 0.4) is 0 Å². The number of benzene rings is 2. The minimum Gasteiger partial charge on any atom is -0.497 e. The summed E-state index contributed by atoms with van der Waals surface area (Å²) in [7, 11) is 1.68. The van der Waals surface area contributed by atoms with E-state index >= 15 is 0 Å². The Kier molecular flexibility index (Phi) is 9.59. The molecule has 2 unspecified atom stereocenters. The van der Waals surface area contributed by atoms with Gasteiger partial charge in [-0.2, -0.15) is 0 Å². The van der Waals surface area contributed by atoms with E-state index in [-0.39, 0.29) is 12.2 Å². The molecule has 0 aliphatic carbocycles. The number of hydrogen-bond donors (Lipinski definition) is 1. The zero-order valence-corrected chi connectivity index (χ0v) is 21.7. The lowest BCUT2D eigenvalue weighted by atomic mass is 9.79. The Bertz CT molecular complexity index is 1140. The van der Waals surface area contributed by atoms with Gasteiger partial charge in [-0.3, -0.25) is 9.78 Å². The number of piperidine rings is 1. The number of nitrogens with zero attached hydrogens (tertiary/aromatic N) is 2. The van der Waals surface area contributed by atoms with E-state index in [0.29, 0.717) is 11.8 Å². The van der Waals surface area contributed by atoms with Crippen molar-refractivity contribution in [2.24, 2.45) is 11.8 Å². The number of rotatable bonds is 12. The summed E-state index contributed by atoms with van der Waals surface area (Å²) in [6.07, 6.45) is 7.11. The third kappa shape index (κ3) is 7.43. The summed E-state index contributed by atoms with van der Waals surface area (Å²) in [6, 6.07) is 14.8. The number of thioether (sulfide) groups is 1. The summed E-state index contributed by atoms with van der Waals surface area (Å²) < 4.78 is 18.5. The standard InChI is InChI=1S/C29H35FN2O3S/c1-35-25-8-11-28-27(19-25)22(13-15-31-28)4-2-3-21-14-16-32(20-23(21)5-12-29(33)34)17-18-36-26-9-6-24(30)7-10-26/h6-11,13,15,19,21,23H,2-5,12,14,16-18,20H2,1H3,(H,33,34). The van der Waals surface area contributed by atoms with Crippen LogP contribution in [0.2, 0.25) is 0 Å². The van der Waals surface area contributed by atoms with Crippen molar-refractivity contribution in [1.82, 2.24) is 9.88 Å². The second kappa shape index (κ2) is 13.1. The van der Waals surface area contributed by atoms with Gasteiger partial charge in [0.25, 0.3) is 0 Å². The van der Waals surface area contributed by atoms with Crippen LogP contribution in [0.25, 0.3) is 10.9 Å². The molecule has 2 heterocycles. The van der Waals surface area contributed by atoms with Crippen LogP contribution in [0.5, 0.6) is 5.75 Å². The largest absolute Gasteiger partial charge is 0.497 e. The van der Waals surface area contributed by atoms with E-state index in [1.165, 1.54) is 17.7 Å². The van der Waals surface area contributed by atoms with Gasteiger partial charge in [-0.15, -0.1) is 11.8 Å². The van der Waals surface area contributed by atoms with E-state index in [4.69, 9.17) is 4.74 Å². The summed E-state index contributed by atoms with van der Waals surface area (Å²) in [5.74, 6) is 1.82. The number of carbonyl (C=O) groups is 1. The Hall–Kier alpha value is -2.64. The predicted octanol–water partition coefficient (Wildman–Crippen LogP) is 6.30. The van der Waals surface area contributed by atoms with Crippen molar-refractivity contribution >= 4 is 28.6 Å². The number of aliphatic carboxylic acids is 1. The summed E-state index contributed by atoms with van der Waals surface area (Å²) in [5.41, 5.74) is 2.27. The molecule has 1 aliphatic heterocycles. The third-order valence-corrected chi connectivity index (χ3v) is 8.25. The first-order valence-electron chi connectivity index (χ1n) is 12.8. The van der Waals surface area contributed by atoms with Crippen LogP contribution in [0.1, 0.15) is 37.7 Å². The van der Waals surface area contributed by atoms with E-state index in [0.717, 1.165) is 79.0 Å². The van der Waals surface area contributed by atoms with Gasteiger partial charge >= 0.3 is 5.97 Å². The van der Waals surface area contributed by atoms with Crippen molar-refractivity contribution in [3.63, 3.8) is 0 Å². The van der Waals surface area contributed by atoms with Crippen molar-refractivity contribution < 1.29 is 19.0 Å². The number of carboxylic acids is 1. The molecular formula is C29H35FN2O3S. The van der Waals surface area contributed by atoms with Crippen molar-refractivity contribution in [3.05, 3.63) is 66.1 Å². The highest BCUT2D eigenvalue weighted by Crippen LogP contribution is 2.32. The Morgan fingerprint density at radius 2 is 2.00 bits per heavy atom. The molecule has 1 fully saturated rings. The quantitative estimate of drug-likeness (QED) is 0.289. The van der Waals surface area contributed by atoms with Crippen LogP contribution < -0.4 is 4.74 Å². The normalized spacial score (nSPS) is 18.4. The van der Waals surface area contributed by atoms with Gasteiger partial charge in [-0.05, 0) is 105 Å². The molecule has 0 bridgehead atoms. The number of hydrogen-bond acceptors (Lipinski definition) is 5. The molecule has 3 aromatic rings. The highest BCUT2D eigenvalue weighted by molar-refractivity contribution is 7.99. The summed E-state index contributed by atoms with van der Waals surface area (Å²) in [6.45, 7) is 2.97. The first-order chi connectivity index (χ1) is 17.5. The first kappa shape index (κ1) is 26.4. The van der Waals surface area contributed by atoms with Gasteiger partial charge in [0.1, 0.15) is 11.6 Å². The van der Waals surface area contributed by atoms with Crippen LogP contribution in [-0.2, 0) is 11.2 Å². The topological polar surface area (TPSA) is 62.7 Å². The van der Waals surface area contributed by atoms with E-state index in [1.54, 1.807) is 18.9 Å². The Balaban J connectivity index is 1.31. The predicted molar refractivity (Wildman–Crippen MR) is 143 cm³/mol. The lowest BCUT2D eigenvalue weighted by Crippen LogP contribution is -2.41. The van der Waals surface area contributed by atoms with Crippen LogP contribution >= 0.6 is 11.8 Å². The number of likely N-dealkylation sites (tertiary alicyclic amines) is 1. The number of aryl methyl sites for hydroxylation is 1. The number of carboxylic acid groups (broad SMARTS) is 1. The number of methoxy groups -OCH3 is 1. The van der Waals surface area contributed by atoms with Crippen molar-refractivity contribution in [1.29, 1.82) is 0 Å². The van der Waals surface area contributed by atoms with Gasteiger partial charge < -0.3 is 14.7 Å². The smallest absolute Gasteiger partial charge is 0.303 e. The minimum absolute atomic E-state index is 0.209. The van der Waals surface area contributed by atoms with Gasteiger partial charge in [-0.25, -0.2) is 4.39 Å². The number of pyridine rings is 1. The van der Waals surface area contributed by atoms with Crippen molar-refractivity contribution in [2.45, 2.75) is 43.4 Å². The molecule has 0 saturated carbocycles. The molecule has 0 radical (unpaired) electrons. The number of aromatic nitrogens is 1. The second-order valence-electron chi connectivity index (χ2n) is 9.59. The molecule has 0 spiro atoms. The number of fused-ring (bicyclic) bond motifs is 1. The fourth-order valence-corrected chi connectivity index (χ4v) is 6.19. The van der Waals surface area contributed by atoms with Gasteiger partial charge in [-0.1, -0.05) is 0 Å². The maximum atomic E-state index is 13.1. The fourth-order valence-electron chi connectivity index (χ4n) is 5.28. The zero-order chi connectivity index (χ0) is 25.3. The lowest BCUT2D eigenvalue weighted by Gasteiger charge is -2.39. The first-order valence-corrected chi connectivity index (χ1v) is 13.7. The molecule has 0 amide bonds. The monoisotopic (exact) mass is 510 g/mol. The van der Waals surface area contributed by atoms with Crippen LogP contribution in [0.15, 0.2) is 59.6 Å². The maximum absolute atomic E-state index is 13.1. The molecule has 2 aromatic carbocycles. The van der Waals surface area contributed by atoms with E-state index in [9.17, 15) is 14.3 Å². The summed E-state index contributed by atoms with van der Waals surface area (Å²) in [4.78, 5) is 19.3. The highest BCUT2D eigenvalue weighted by atomic mass is 32.2. The molecule has 1 aromatic heterocycles. The Labute approximate surface area is 217 Å². The van der Waals surface area contributed by atoms with E-state index < -0.39 is 5.97 Å².